The molecule has 2 heterocycles. The van der Waals surface area contributed by atoms with E-state index in [-0.39, 0.29) is 11.9 Å². The van der Waals surface area contributed by atoms with Crippen molar-refractivity contribution < 1.29 is 14.7 Å². The average molecular weight is 291 g/mol. The van der Waals surface area contributed by atoms with Crippen LogP contribution in [0.4, 0.5) is 0 Å². The molecule has 1 aliphatic carbocycles. The van der Waals surface area contributed by atoms with Gasteiger partial charge >= 0.3 is 5.97 Å². The number of amides is 1. The number of nitrogens with zero attached hydrogens (tertiary/aromatic N) is 3. The molecule has 2 fully saturated rings. The Morgan fingerprint density at radius 3 is 2.67 bits per heavy atom. The van der Waals surface area contributed by atoms with Gasteiger partial charge in [0.2, 0.25) is 0 Å². The SMILES string of the molecule is Cc1nn(C)cc1C(=O)N1[C@H](C(=O)O)C[C@H]2CCCC[C@@H]21. The van der Waals surface area contributed by atoms with Gasteiger partial charge in [0.15, 0.2) is 0 Å². The molecule has 6 heteroatoms. The molecule has 0 spiro atoms. The second-order valence-corrected chi connectivity index (χ2v) is 6.22. The lowest BCUT2D eigenvalue weighted by Gasteiger charge is -2.32. The van der Waals surface area contributed by atoms with Crippen LogP contribution in [0.5, 0.6) is 0 Å². The topological polar surface area (TPSA) is 75.4 Å². The lowest BCUT2D eigenvalue weighted by atomic mass is 9.84. The smallest absolute Gasteiger partial charge is 0.326 e. The molecule has 1 saturated carbocycles. The highest BCUT2D eigenvalue weighted by atomic mass is 16.4. The molecule has 1 amide bonds. The third-order valence-electron chi connectivity index (χ3n) is 4.85. The van der Waals surface area contributed by atoms with Gasteiger partial charge in [-0.2, -0.15) is 5.10 Å². The monoisotopic (exact) mass is 291 g/mol. The van der Waals surface area contributed by atoms with Crippen LogP contribution in [0.3, 0.4) is 0 Å². The minimum atomic E-state index is -0.890. The third-order valence-corrected chi connectivity index (χ3v) is 4.85. The molecule has 21 heavy (non-hydrogen) atoms. The van der Waals surface area contributed by atoms with E-state index in [2.05, 4.69) is 5.10 Å². The van der Waals surface area contributed by atoms with Gasteiger partial charge in [0, 0.05) is 19.3 Å². The molecule has 0 aromatic carbocycles. The molecule has 0 radical (unpaired) electrons. The van der Waals surface area contributed by atoms with Crippen LogP contribution < -0.4 is 0 Å². The van der Waals surface area contributed by atoms with Crippen LogP contribution in [-0.4, -0.2) is 43.7 Å². The fourth-order valence-corrected chi connectivity index (χ4v) is 3.92. The summed E-state index contributed by atoms with van der Waals surface area (Å²) in [5, 5.41) is 13.7. The largest absolute Gasteiger partial charge is 0.480 e. The zero-order chi connectivity index (χ0) is 15.1. The van der Waals surface area contributed by atoms with E-state index in [0.29, 0.717) is 23.6 Å². The van der Waals surface area contributed by atoms with E-state index < -0.39 is 12.0 Å². The summed E-state index contributed by atoms with van der Waals surface area (Å²) in [6.45, 7) is 1.79. The summed E-state index contributed by atoms with van der Waals surface area (Å²) in [4.78, 5) is 26.0. The van der Waals surface area contributed by atoms with Crippen LogP contribution in [0.2, 0.25) is 0 Å². The van der Waals surface area contributed by atoms with Gasteiger partial charge in [-0.1, -0.05) is 12.8 Å². The van der Waals surface area contributed by atoms with E-state index in [4.69, 9.17) is 0 Å². The fourth-order valence-electron chi connectivity index (χ4n) is 3.92. The number of aromatic nitrogens is 2. The van der Waals surface area contributed by atoms with E-state index in [0.717, 1.165) is 25.7 Å². The van der Waals surface area contributed by atoms with Crippen molar-refractivity contribution in [2.75, 3.05) is 0 Å². The number of rotatable bonds is 2. The molecule has 114 valence electrons. The van der Waals surface area contributed by atoms with Gasteiger partial charge in [-0.25, -0.2) is 4.79 Å². The van der Waals surface area contributed by atoms with Crippen molar-refractivity contribution >= 4 is 11.9 Å². The van der Waals surface area contributed by atoms with Crippen LogP contribution in [0, 0.1) is 12.8 Å². The highest BCUT2D eigenvalue weighted by molar-refractivity contribution is 5.98. The Labute approximate surface area is 123 Å². The maximum atomic E-state index is 12.9. The van der Waals surface area contributed by atoms with Crippen molar-refractivity contribution in [2.24, 2.45) is 13.0 Å². The van der Waals surface area contributed by atoms with Gasteiger partial charge in [0.05, 0.1) is 11.3 Å². The predicted molar refractivity (Wildman–Crippen MR) is 75.9 cm³/mol. The molecule has 0 unspecified atom stereocenters. The molecule has 3 rings (SSSR count). The number of carbonyl (C=O) groups excluding carboxylic acids is 1. The predicted octanol–water partition coefficient (Wildman–Crippen LogP) is 1.59. The number of aryl methyl sites for hydroxylation is 2. The normalized spacial score (nSPS) is 28.5. The summed E-state index contributed by atoms with van der Waals surface area (Å²) in [5.41, 5.74) is 1.18. The Morgan fingerprint density at radius 1 is 1.33 bits per heavy atom. The molecule has 1 aliphatic heterocycles. The lowest BCUT2D eigenvalue weighted by molar-refractivity contribution is -0.141. The van der Waals surface area contributed by atoms with Crippen LogP contribution in [0.25, 0.3) is 0 Å². The van der Waals surface area contributed by atoms with Crippen LogP contribution in [0.15, 0.2) is 6.20 Å². The summed E-state index contributed by atoms with van der Waals surface area (Å²) in [6.07, 6.45) is 6.44. The molecule has 1 aromatic rings. The number of aliphatic carboxylic acids is 1. The first-order valence-electron chi connectivity index (χ1n) is 7.54. The van der Waals surface area contributed by atoms with Crippen LogP contribution in [0.1, 0.15) is 48.2 Å². The minimum absolute atomic E-state index is 0.0759. The molecule has 1 N–H and O–H groups in total. The van der Waals surface area contributed by atoms with E-state index in [1.807, 2.05) is 0 Å². The van der Waals surface area contributed by atoms with Crippen molar-refractivity contribution in [2.45, 2.75) is 51.1 Å². The first kappa shape index (κ1) is 14.1. The van der Waals surface area contributed by atoms with Gasteiger partial charge in [-0.15, -0.1) is 0 Å². The van der Waals surface area contributed by atoms with Gasteiger partial charge in [-0.3, -0.25) is 9.48 Å². The molecule has 1 saturated heterocycles. The van der Waals surface area contributed by atoms with Gasteiger partial charge in [0.1, 0.15) is 6.04 Å². The number of likely N-dealkylation sites (tertiary alicyclic amines) is 1. The summed E-state index contributed by atoms with van der Waals surface area (Å²) >= 11 is 0. The maximum Gasteiger partial charge on any atom is 0.326 e. The Kier molecular flexibility index (Phi) is 3.47. The first-order chi connectivity index (χ1) is 9.99. The van der Waals surface area contributed by atoms with Crippen molar-refractivity contribution in [3.8, 4) is 0 Å². The van der Waals surface area contributed by atoms with E-state index >= 15 is 0 Å². The second-order valence-electron chi connectivity index (χ2n) is 6.22. The van der Waals surface area contributed by atoms with Crippen molar-refractivity contribution in [3.63, 3.8) is 0 Å². The standard InChI is InChI=1S/C15H21N3O3/c1-9-11(8-17(2)16-9)14(19)18-12-6-4-3-5-10(12)7-13(18)15(20)21/h8,10,12-13H,3-7H2,1-2H3,(H,20,21)/t10-,12+,13+/m1/s1. The number of hydrogen-bond acceptors (Lipinski definition) is 3. The maximum absolute atomic E-state index is 12.9. The number of carboxylic acids is 1. The van der Waals surface area contributed by atoms with Gasteiger partial charge in [-0.05, 0) is 32.1 Å². The van der Waals surface area contributed by atoms with Crippen molar-refractivity contribution in [3.05, 3.63) is 17.5 Å². The van der Waals surface area contributed by atoms with E-state index in [1.165, 1.54) is 0 Å². The molecule has 2 aliphatic rings. The lowest BCUT2D eigenvalue weighted by Crippen LogP contribution is -2.46. The first-order valence-corrected chi connectivity index (χ1v) is 7.54. The van der Waals surface area contributed by atoms with Crippen molar-refractivity contribution in [1.29, 1.82) is 0 Å². The molecule has 0 bridgehead atoms. The quantitative estimate of drug-likeness (QED) is 0.897. The molecular formula is C15H21N3O3. The Balaban J connectivity index is 1.94. The zero-order valence-corrected chi connectivity index (χ0v) is 12.5. The van der Waals surface area contributed by atoms with Gasteiger partial charge < -0.3 is 10.0 Å². The van der Waals surface area contributed by atoms with Crippen LogP contribution in [-0.2, 0) is 11.8 Å². The number of carboxylic acid groups (broad SMARTS) is 1. The summed E-state index contributed by atoms with van der Waals surface area (Å²) in [5.74, 6) is -0.734. The summed E-state index contributed by atoms with van der Waals surface area (Å²) in [7, 11) is 1.77. The molecule has 3 atom stereocenters. The van der Waals surface area contributed by atoms with Crippen molar-refractivity contribution in [1.82, 2.24) is 14.7 Å². The van der Waals surface area contributed by atoms with E-state index in [9.17, 15) is 14.7 Å². The summed E-state index contributed by atoms with van der Waals surface area (Å²) < 4.78 is 1.60. The zero-order valence-electron chi connectivity index (χ0n) is 12.5. The third kappa shape index (κ3) is 2.32. The number of carbonyl (C=O) groups is 2. The Morgan fingerprint density at radius 2 is 2.05 bits per heavy atom. The Bertz CT molecular complexity index is 581. The van der Waals surface area contributed by atoms with Crippen LogP contribution >= 0.6 is 0 Å². The number of hydrogen-bond donors (Lipinski definition) is 1. The highest BCUT2D eigenvalue weighted by Crippen LogP contribution is 2.40. The molecule has 1 aromatic heterocycles. The molecular weight excluding hydrogens is 270 g/mol. The average Bonchev–Trinajstić information content (AvgIpc) is 2.98. The van der Waals surface area contributed by atoms with E-state index in [1.54, 1.807) is 29.7 Å². The Hall–Kier alpha value is -1.85. The molecule has 6 nitrogen and oxygen atoms in total. The van der Waals surface area contributed by atoms with Gasteiger partial charge in [0.25, 0.3) is 5.91 Å². The minimum Gasteiger partial charge on any atom is -0.480 e. The number of fused-ring (bicyclic) bond motifs is 1. The summed E-state index contributed by atoms with van der Waals surface area (Å²) in [6, 6.07) is -0.614. The second kappa shape index (κ2) is 5.16. The highest BCUT2D eigenvalue weighted by Gasteiger charge is 2.48. The fraction of sp³-hybridized carbons (Fsp3) is 0.667.